The van der Waals surface area contributed by atoms with Gasteiger partial charge in [0.25, 0.3) is 0 Å². The second kappa shape index (κ2) is 7.31. The molecule has 0 saturated heterocycles. The van der Waals surface area contributed by atoms with Crippen LogP contribution in [0.3, 0.4) is 0 Å². The highest BCUT2D eigenvalue weighted by Gasteiger charge is 2.00. The molecule has 0 aliphatic carbocycles. The molecule has 20 heavy (non-hydrogen) atoms. The molecule has 0 spiro atoms. The molecule has 1 heterocycles. The van der Waals surface area contributed by atoms with Crippen molar-refractivity contribution in [3.8, 4) is 0 Å². The van der Waals surface area contributed by atoms with Crippen LogP contribution in [0.4, 0.5) is 0 Å². The number of carbonyl (C=O) groups is 1. The first-order chi connectivity index (χ1) is 9.63. The molecule has 2 rings (SSSR count). The smallest absolute Gasteiger partial charge is 0.328 e. The van der Waals surface area contributed by atoms with Gasteiger partial charge in [0.2, 0.25) is 0 Å². The molecule has 0 fully saturated rings. The van der Waals surface area contributed by atoms with Gasteiger partial charge in [-0.25, -0.2) is 4.79 Å². The molecule has 0 saturated carbocycles. The van der Waals surface area contributed by atoms with Crippen molar-refractivity contribution in [1.82, 2.24) is 0 Å². The molecule has 0 atom stereocenters. The van der Waals surface area contributed by atoms with E-state index < -0.39 is 5.97 Å². The van der Waals surface area contributed by atoms with E-state index in [1.54, 1.807) is 17.4 Å². The Morgan fingerprint density at radius 2 is 2.20 bits per heavy atom. The van der Waals surface area contributed by atoms with Crippen molar-refractivity contribution < 1.29 is 9.90 Å². The van der Waals surface area contributed by atoms with Crippen molar-refractivity contribution in [1.29, 1.82) is 0 Å². The van der Waals surface area contributed by atoms with Gasteiger partial charge in [0, 0.05) is 22.5 Å². The summed E-state index contributed by atoms with van der Waals surface area (Å²) in [6, 6.07) is 10.6. The minimum Gasteiger partial charge on any atom is -0.478 e. The van der Waals surface area contributed by atoms with Crippen LogP contribution in [0.2, 0.25) is 0 Å². The van der Waals surface area contributed by atoms with E-state index in [9.17, 15) is 4.79 Å². The molecule has 4 heteroatoms. The van der Waals surface area contributed by atoms with Gasteiger partial charge in [0.05, 0.1) is 0 Å². The molecular formula is C16H16O2S2. The summed E-state index contributed by atoms with van der Waals surface area (Å²) in [5.74, 6) is 1.05. The second-order valence-corrected chi connectivity index (χ2v) is 6.48. The van der Waals surface area contributed by atoms with Gasteiger partial charge in [-0.3, -0.25) is 0 Å². The summed E-state index contributed by atoms with van der Waals surface area (Å²) in [7, 11) is 0. The van der Waals surface area contributed by atoms with E-state index in [0.29, 0.717) is 0 Å². The first-order valence-corrected chi connectivity index (χ1v) is 8.28. The normalized spacial score (nSPS) is 11.1. The largest absolute Gasteiger partial charge is 0.478 e. The Kier molecular flexibility index (Phi) is 5.44. The fourth-order valence-electron chi connectivity index (χ4n) is 1.80. The van der Waals surface area contributed by atoms with Crippen LogP contribution in [0.15, 0.2) is 41.8 Å². The molecule has 0 radical (unpaired) electrons. The van der Waals surface area contributed by atoms with Crippen LogP contribution in [0.1, 0.15) is 21.6 Å². The zero-order chi connectivity index (χ0) is 14.4. The van der Waals surface area contributed by atoms with Gasteiger partial charge in [-0.15, -0.1) is 11.3 Å². The summed E-state index contributed by atoms with van der Waals surface area (Å²) in [6.45, 7) is 2.11. The average Bonchev–Trinajstić information content (AvgIpc) is 2.84. The number of hydrogen-bond acceptors (Lipinski definition) is 3. The van der Waals surface area contributed by atoms with E-state index in [1.807, 2.05) is 23.2 Å². The summed E-state index contributed by atoms with van der Waals surface area (Å²) < 4.78 is 0. The summed E-state index contributed by atoms with van der Waals surface area (Å²) in [5.41, 5.74) is 3.60. The lowest BCUT2D eigenvalue weighted by molar-refractivity contribution is -0.131. The molecule has 0 unspecified atom stereocenters. The number of thioether (sulfide) groups is 1. The molecule has 1 aromatic heterocycles. The maximum absolute atomic E-state index is 10.4. The Morgan fingerprint density at radius 1 is 1.35 bits per heavy atom. The lowest BCUT2D eigenvalue weighted by Gasteiger charge is -2.01. The van der Waals surface area contributed by atoms with Crippen molar-refractivity contribution in [3.05, 3.63) is 63.4 Å². The van der Waals surface area contributed by atoms with Gasteiger partial charge in [0.15, 0.2) is 0 Å². The van der Waals surface area contributed by atoms with Gasteiger partial charge in [-0.05, 0) is 35.6 Å². The second-order valence-electron chi connectivity index (χ2n) is 4.50. The monoisotopic (exact) mass is 304 g/mol. The van der Waals surface area contributed by atoms with Crippen molar-refractivity contribution >= 4 is 35.1 Å². The minimum atomic E-state index is -0.911. The number of carboxylic acid groups (broad SMARTS) is 1. The van der Waals surface area contributed by atoms with E-state index in [-0.39, 0.29) is 0 Å². The third-order valence-corrected chi connectivity index (χ3v) is 4.88. The highest BCUT2D eigenvalue weighted by Crippen LogP contribution is 2.24. The predicted molar refractivity (Wildman–Crippen MR) is 87.2 cm³/mol. The number of hydrogen-bond donors (Lipinski definition) is 1. The molecule has 0 aliphatic rings. The van der Waals surface area contributed by atoms with Crippen LogP contribution in [-0.4, -0.2) is 11.1 Å². The first-order valence-electron chi connectivity index (χ1n) is 6.25. The summed E-state index contributed by atoms with van der Waals surface area (Å²) in [4.78, 5) is 11.7. The molecule has 1 aromatic carbocycles. The SMILES string of the molecule is Cc1cccc(CSCc2cc(C=CC(=O)O)cs2)c1. The first kappa shape index (κ1) is 14.9. The molecule has 0 bridgehead atoms. The van der Waals surface area contributed by atoms with Gasteiger partial charge in [-0.2, -0.15) is 11.8 Å². The molecule has 0 amide bonds. The standard InChI is InChI=1S/C16H16O2S2/c1-12-3-2-4-13(7-12)9-19-11-15-8-14(10-20-15)5-6-16(17)18/h2-8,10H,9,11H2,1H3,(H,17,18). The maximum Gasteiger partial charge on any atom is 0.328 e. The highest BCUT2D eigenvalue weighted by atomic mass is 32.2. The Hall–Kier alpha value is -1.52. The fourth-order valence-corrected chi connectivity index (χ4v) is 3.76. The lowest BCUT2D eigenvalue weighted by atomic mass is 10.2. The highest BCUT2D eigenvalue weighted by molar-refractivity contribution is 7.97. The van der Waals surface area contributed by atoms with Crippen molar-refractivity contribution in [3.63, 3.8) is 0 Å². The Bertz CT molecular complexity index is 614. The molecule has 0 aliphatic heterocycles. The van der Waals surface area contributed by atoms with E-state index in [0.717, 1.165) is 17.1 Å². The zero-order valence-corrected chi connectivity index (χ0v) is 12.8. The van der Waals surface area contributed by atoms with E-state index >= 15 is 0 Å². The van der Waals surface area contributed by atoms with E-state index in [1.165, 1.54) is 22.1 Å². The number of thiophene rings is 1. The van der Waals surface area contributed by atoms with Gasteiger partial charge in [-0.1, -0.05) is 29.8 Å². The summed E-state index contributed by atoms with van der Waals surface area (Å²) in [5, 5.41) is 10.6. The van der Waals surface area contributed by atoms with Crippen LogP contribution in [0.5, 0.6) is 0 Å². The topological polar surface area (TPSA) is 37.3 Å². The molecule has 1 N–H and O–H groups in total. The third-order valence-electron chi connectivity index (χ3n) is 2.69. The van der Waals surface area contributed by atoms with Crippen LogP contribution < -0.4 is 0 Å². The average molecular weight is 304 g/mol. The fraction of sp³-hybridized carbons (Fsp3) is 0.188. The number of benzene rings is 1. The van der Waals surface area contributed by atoms with Crippen molar-refractivity contribution in [2.75, 3.05) is 0 Å². The van der Waals surface area contributed by atoms with Crippen LogP contribution in [-0.2, 0) is 16.3 Å². The minimum absolute atomic E-state index is 0.911. The number of rotatable bonds is 6. The van der Waals surface area contributed by atoms with Gasteiger partial charge >= 0.3 is 5.97 Å². The van der Waals surface area contributed by atoms with E-state index in [2.05, 4.69) is 31.2 Å². The Morgan fingerprint density at radius 3 is 2.95 bits per heavy atom. The summed E-state index contributed by atoms with van der Waals surface area (Å²) in [6.07, 6.45) is 2.80. The van der Waals surface area contributed by atoms with Gasteiger partial charge in [0.1, 0.15) is 0 Å². The lowest BCUT2D eigenvalue weighted by Crippen LogP contribution is -1.84. The number of carboxylic acids is 1. The van der Waals surface area contributed by atoms with Crippen molar-refractivity contribution in [2.45, 2.75) is 18.4 Å². The maximum atomic E-state index is 10.4. The van der Waals surface area contributed by atoms with E-state index in [4.69, 9.17) is 5.11 Å². The Labute approximate surface area is 127 Å². The molecule has 2 aromatic rings. The Balaban J connectivity index is 1.84. The molecule has 104 valence electrons. The van der Waals surface area contributed by atoms with Gasteiger partial charge < -0.3 is 5.11 Å². The molecular weight excluding hydrogens is 288 g/mol. The zero-order valence-electron chi connectivity index (χ0n) is 11.2. The number of aliphatic carboxylic acids is 1. The van der Waals surface area contributed by atoms with Crippen LogP contribution in [0.25, 0.3) is 6.08 Å². The van der Waals surface area contributed by atoms with Crippen LogP contribution in [0, 0.1) is 6.92 Å². The predicted octanol–water partition coefficient (Wildman–Crippen LogP) is 4.59. The van der Waals surface area contributed by atoms with Crippen molar-refractivity contribution in [2.24, 2.45) is 0 Å². The van der Waals surface area contributed by atoms with Crippen LogP contribution >= 0.6 is 23.1 Å². The molecule has 2 nitrogen and oxygen atoms in total. The summed E-state index contributed by atoms with van der Waals surface area (Å²) >= 11 is 3.55. The quantitative estimate of drug-likeness (QED) is 0.793. The third kappa shape index (κ3) is 4.87. The number of aryl methyl sites for hydroxylation is 1.